The Morgan fingerprint density at radius 2 is 1.79 bits per heavy atom. The lowest BCUT2D eigenvalue weighted by Gasteiger charge is -2.02. The zero-order chi connectivity index (χ0) is 9.97. The second-order valence-electron chi connectivity index (χ2n) is 2.85. The summed E-state index contributed by atoms with van der Waals surface area (Å²) in [6.45, 7) is 0. The number of aromatic nitrogens is 1. The second kappa shape index (κ2) is 3.76. The number of pyridine rings is 1. The third-order valence-corrected chi connectivity index (χ3v) is 2.22. The lowest BCUT2D eigenvalue weighted by atomic mass is 10.1. The SMILES string of the molecule is Fc1ccc(-c2cccnc2Cl)cc1. The maximum absolute atomic E-state index is 12.7. The fourth-order valence-corrected chi connectivity index (χ4v) is 1.46. The van der Waals surface area contributed by atoms with Crippen LogP contribution in [0.3, 0.4) is 0 Å². The van der Waals surface area contributed by atoms with Crippen LogP contribution in [-0.2, 0) is 0 Å². The summed E-state index contributed by atoms with van der Waals surface area (Å²) in [5.74, 6) is -0.256. The Balaban J connectivity index is 2.50. The molecule has 3 heteroatoms. The Labute approximate surface area is 86.2 Å². The third kappa shape index (κ3) is 1.75. The molecular formula is C11H7ClFN. The minimum Gasteiger partial charge on any atom is -0.244 e. The predicted octanol–water partition coefficient (Wildman–Crippen LogP) is 3.54. The molecule has 0 saturated heterocycles. The lowest BCUT2D eigenvalue weighted by molar-refractivity contribution is 0.628. The van der Waals surface area contributed by atoms with Crippen molar-refractivity contribution < 1.29 is 4.39 Å². The first-order valence-corrected chi connectivity index (χ1v) is 4.51. The van der Waals surface area contributed by atoms with Gasteiger partial charge in [-0.05, 0) is 29.8 Å². The van der Waals surface area contributed by atoms with Crippen LogP contribution < -0.4 is 0 Å². The van der Waals surface area contributed by atoms with Crippen LogP contribution in [0.2, 0.25) is 5.15 Å². The fraction of sp³-hybridized carbons (Fsp3) is 0. The molecule has 0 atom stereocenters. The predicted molar refractivity (Wildman–Crippen MR) is 54.6 cm³/mol. The van der Waals surface area contributed by atoms with Gasteiger partial charge in [0.1, 0.15) is 11.0 Å². The largest absolute Gasteiger partial charge is 0.244 e. The molecule has 2 aromatic rings. The highest BCUT2D eigenvalue weighted by molar-refractivity contribution is 6.32. The third-order valence-electron chi connectivity index (χ3n) is 1.91. The molecule has 0 radical (unpaired) electrons. The number of hydrogen-bond donors (Lipinski definition) is 0. The average molecular weight is 208 g/mol. The van der Waals surface area contributed by atoms with Gasteiger partial charge in [0, 0.05) is 11.8 Å². The number of benzene rings is 1. The molecule has 0 N–H and O–H groups in total. The van der Waals surface area contributed by atoms with Crippen molar-refractivity contribution in [1.29, 1.82) is 0 Å². The summed E-state index contributed by atoms with van der Waals surface area (Å²) < 4.78 is 12.7. The van der Waals surface area contributed by atoms with Crippen LogP contribution in [0.4, 0.5) is 4.39 Å². The van der Waals surface area contributed by atoms with Crippen LogP contribution in [0.15, 0.2) is 42.6 Å². The molecule has 1 aromatic carbocycles. The van der Waals surface area contributed by atoms with Crippen molar-refractivity contribution in [3.05, 3.63) is 53.6 Å². The molecule has 0 spiro atoms. The van der Waals surface area contributed by atoms with E-state index in [1.807, 2.05) is 6.07 Å². The van der Waals surface area contributed by atoms with Crippen LogP contribution in [0, 0.1) is 5.82 Å². The van der Waals surface area contributed by atoms with Crippen molar-refractivity contribution in [2.75, 3.05) is 0 Å². The molecule has 14 heavy (non-hydrogen) atoms. The first kappa shape index (κ1) is 9.16. The van der Waals surface area contributed by atoms with E-state index < -0.39 is 0 Å². The summed E-state index contributed by atoms with van der Waals surface area (Å²) in [6.07, 6.45) is 1.62. The number of rotatable bonds is 1. The van der Waals surface area contributed by atoms with Crippen molar-refractivity contribution in [2.45, 2.75) is 0 Å². The Kier molecular flexibility index (Phi) is 2.46. The van der Waals surface area contributed by atoms with E-state index in [4.69, 9.17) is 11.6 Å². The van der Waals surface area contributed by atoms with E-state index in [0.29, 0.717) is 5.15 Å². The van der Waals surface area contributed by atoms with Crippen LogP contribution in [0.5, 0.6) is 0 Å². The molecule has 1 heterocycles. The average Bonchev–Trinajstić information content (AvgIpc) is 2.20. The minimum atomic E-state index is -0.256. The molecule has 0 amide bonds. The van der Waals surface area contributed by atoms with Crippen molar-refractivity contribution in [3.63, 3.8) is 0 Å². The highest BCUT2D eigenvalue weighted by Gasteiger charge is 2.02. The molecule has 2 rings (SSSR count). The van der Waals surface area contributed by atoms with Gasteiger partial charge < -0.3 is 0 Å². The van der Waals surface area contributed by atoms with Crippen molar-refractivity contribution in [1.82, 2.24) is 4.98 Å². The van der Waals surface area contributed by atoms with Gasteiger partial charge >= 0.3 is 0 Å². The van der Waals surface area contributed by atoms with Crippen LogP contribution in [0.1, 0.15) is 0 Å². The van der Waals surface area contributed by atoms with Gasteiger partial charge in [-0.3, -0.25) is 0 Å². The van der Waals surface area contributed by atoms with E-state index >= 15 is 0 Å². The van der Waals surface area contributed by atoms with E-state index in [1.165, 1.54) is 12.1 Å². The molecular weight excluding hydrogens is 201 g/mol. The number of halogens is 2. The van der Waals surface area contributed by atoms with Gasteiger partial charge in [0.2, 0.25) is 0 Å². The first-order chi connectivity index (χ1) is 6.77. The Bertz CT molecular complexity index is 439. The van der Waals surface area contributed by atoms with Crippen molar-refractivity contribution in [2.24, 2.45) is 0 Å². The summed E-state index contributed by atoms with van der Waals surface area (Å²) in [7, 11) is 0. The topological polar surface area (TPSA) is 12.9 Å². The quantitative estimate of drug-likeness (QED) is 0.652. The highest BCUT2D eigenvalue weighted by Crippen LogP contribution is 2.25. The smallest absolute Gasteiger partial charge is 0.136 e. The van der Waals surface area contributed by atoms with Gasteiger partial charge in [-0.2, -0.15) is 0 Å². The summed E-state index contributed by atoms with van der Waals surface area (Å²) >= 11 is 5.89. The zero-order valence-electron chi connectivity index (χ0n) is 7.24. The summed E-state index contributed by atoms with van der Waals surface area (Å²) in [4.78, 5) is 3.95. The van der Waals surface area contributed by atoms with E-state index in [0.717, 1.165) is 11.1 Å². The van der Waals surface area contributed by atoms with Gasteiger partial charge in [-0.15, -0.1) is 0 Å². The lowest BCUT2D eigenvalue weighted by Crippen LogP contribution is -1.82. The van der Waals surface area contributed by atoms with Gasteiger partial charge in [-0.1, -0.05) is 23.7 Å². The zero-order valence-corrected chi connectivity index (χ0v) is 8.00. The monoisotopic (exact) mass is 207 g/mol. The molecule has 1 nitrogen and oxygen atoms in total. The van der Waals surface area contributed by atoms with E-state index in [9.17, 15) is 4.39 Å². The number of hydrogen-bond acceptors (Lipinski definition) is 1. The highest BCUT2D eigenvalue weighted by atomic mass is 35.5. The standard InChI is InChI=1S/C11H7ClFN/c12-11-10(2-1-7-14-11)8-3-5-9(13)6-4-8/h1-7H. The van der Waals surface area contributed by atoms with E-state index in [1.54, 1.807) is 24.4 Å². The normalized spacial score (nSPS) is 10.1. The molecule has 0 unspecified atom stereocenters. The molecule has 1 aromatic heterocycles. The summed E-state index contributed by atoms with van der Waals surface area (Å²) in [6, 6.07) is 9.81. The minimum absolute atomic E-state index is 0.256. The molecule has 0 fully saturated rings. The second-order valence-corrected chi connectivity index (χ2v) is 3.21. The maximum atomic E-state index is 12.7. The molecule has 0 aliphatic rings. The number of nitrogens with zero attached hydrogens (tertiary/aromatic N) is 1. The van der Waals surface area contributed by atoms with E-state index in [2.05, 4.69) is 4.98 Å². The van der Waals surface area contributed by atoms with Crippen molar-refractivity contribution >= 4 is 11.6 Å². The Hall–Kier alpha value is -1.41. The van der Waals surface area contributed by atoms with Crippen LogP contribution in [0.25, 0.3) is 11.1 Å². The first-order valence-electron chi connectivity index (χ1n) is 4.14. The van der Waals surface area contributed by atoms with Gasteiger partial charge in [-0.25, -0.2) is 9.37 Å². The van der Waals surface area contributed by atoms with Crippen LogP contribution in [-0.4, -0.2) is 4.98 Å². The van der Waals surface area contributed by atoms with Crippen molar-refractivity contribution in [3.8, 4) is 11.1 Å². The molecule has 70 valence electrons. The molecule has 0 aliphatic heterocycles. The van der Waals surface area contributed by atoms with E-state index in [-0.39, 0.29) is 5.82 Å². The molecule has 0 bridgehead atoms. The Morgan fingerprint density at radius 1 is 1.07 bits per heavy atom. The summed E-state index contributed by atoms with van der Waals surface area (Å²) in [5, 5.41) is 0.430. The fourth-order valence-electron chi connectivity index (χ4n) is 1.23. The molecule has 0 saturated carbocycles. The molecule has 0 aliphatic carbocycles. The Morgan fingerprint density at radius 3 is 2.43 bits per heavy atom. The summed E-state index contributed by atoms with van der Waals surface area (Å²) in [5.41, 5.74) is 1.68. The maximum Gasteiger partial charge on any atom is 0.136 e. The van der Waals surface area contributed by atoms with Gasteiger partial charge in [0.15, 0.2) is 0 Å². The van der Waals surface area contributed by atoms with Crippen LogP contribution >= 0.6 is 11.6 Å². The van der Waals surface area contributed by atoms with Gasteiger partial charge in [0.05, 0.1) is 0 Å². The van der Waals surface area contributed by atoms with Gasteiger partial charge in [0.25, 0.3) is 0 Å².